The molecule has 0 fully saturated rings. The van der Waals surface area contributed by atoms with Gasteiger partial charge in [-0.2, -0.15) is 0 Å². The van der Waals surface area contributed by atoms with E-state index in [1.807, 2.05) is 31.2 Å². The monoisotopic (exact) mass is 376 g/mol. The van der Waals surface area contributed by atoms with E-state index < -0.39 is 0 Å². The summed E-state index contributed by atoms with van der Waals surface area (Å²) in [5.41, 5.74) is 2.34. The number of nitrogens with zero attached hydrogens (tertiary/aromatic N) is 2. The van der Waals surface area contributed by atoms with Crippen molar-refractivity contribution in [1.29, 1.82) is 0 Å². The molecule has 0 saturated carbocycles. The standard InChI is InChI=1S/C17H17ClN4O2S/c1-10(16(23)20-8-11-3-5-13(24-2)6-4-11)25-17-21-14-7-12(18)9-19-15(14)22-17/h3-7,9-10H,8H2,1-2H3,(H,20,23)(H,19,21,22). The minimum Gasteiger partial charge on any atom is -0.497 e. The normalized spacial score (nSPS) is 12.1. The second kappa shape index (κ2) is 7.76. The molecule has 6 nitrogen and oxygen atoms in total. The molecule has 1 atom stereocenters. The number of H-pyrrole nitrogens is 1. The summed E-state index contributed by atoms with van der Waals surface area (Å²) in [6.45, 7) is 2.30. The van der Waals surface area contributed by atoms with E-state index in [0.29, 0.717) is 22.4 Å². The summed E-state index contributed by atoms with van der Waals surface area (Å²) in [6.07, 6.45) is 1.55. The van der Waals surface area contributed by atoms with Gasteiger partial charge in [-0.3, -0.25) is 4.79 Å². The fraction of sp³-hybridized carbons (Fsp3) is 0.235. The van der Waals surface area contributed by atoms with E-state index in [1.54, 1.807) is 19.4 Å². The number of pyridine rings is 1. The van der Waals surface area contributed by atoms with Gasteiger partial charge in [-0.15, -0.1) is 0 Å². The number of imidazole rings is 1. The van der Waals surface area contributed by atoms with Crippen molar-refractivity contribution in [2.24, 2.45) is 0 Å². The fourth-order valence-corrected chi connectivity index (χ4v) is 3.20. The number of thioether (sulfide) groups is 1. The third-order valence-corrected chi connectivity index (χ3v) is 4.76. The van der Waals surface area contributed by atoms with E-state index in [-0.39, 0.29) is 11.2 Å². The number of aromatic nitrogens is 3. The highest BCUT2D eigenvalue weighted by molar-refractivity contribution is 8.00. The lowest BCUT2D eigenvalue weighted by atomic mass is 10.2. The predicted octanol–water partition coefficient (Wildman–Crippen LogP) is 3.42. The molecule has 0 radical (unpaired) electrons. The number of benzene rings is 1. The number of nitrogens with one attached hydrogen (secondary N) is 2. The van der Waals surface area contributed by atoms with Crippen LogP contribution in [0.3, 0.4) is 0 Å². The lowest BCUT2D eigenvalue weighted by molar-refractivity contribution is -0.120. The van der Waals surface area contributed by atoms with E-state index in [9.17, 15) is 4.79 Å². The lowest BCUT2D eigenvalue weighted by Crippen LogP contribution is -2.30. The van der Waals surface area contributed by atoms with Gasteiger partial charge in [0.05, 0.1) is 22.9 Å². The third kappa shape index (κ3) is 4.43. The number of carbonyl (C=O) groups excluding carboxylic acids is 1. The molecule has 8 heteroatoms. The van der Waals surface area contributed by atoms with Crippen molar-refractivity contribution < 1.29 is 9.53 Å². The van der Waals surface area contributed by atoms with Crippen LogP contribution in [0.1, 0.15) is 12.5 Å². The zero-order valence-electron chi connectivity index (χ0n) is 13.7. The molecule has 2 N–H and O–H groups in total. The zero-order chi connectivity index (χ0) is 17.8. The summed E-state index contributed by atoms with van der Waals surface area (Å²) in [6, 6.07) is 9.34. The number of aromatic amines is 1. The van der Waals surface area contributed by atoms with Gasteiger partial charge < -0.3 is 15.0 Å². The van der Waals surface area contributed by atoms with Gasteiger partial charge in [0.25, 0.3) is 0 Å². The van der Waals surface area contributed by atoms with E-state index in [2.05, 4.69) is 20.3 Å². The first-order valence-corrected chi connectivity index (χ1v) is 8.89. The second-order valence-electron chi connectivity index (χ2n) is 5.39. The number of amides is 1. The molecule has 1 aromatic carbocycles. The third-order valence-electron chi connectivity index (χ3n) is 3.57. The minimum atomic E-state index is -0.297. The smallest absolute Gasteiger partial charge is 0.233 e. The van der Waals surface area contributed by atoms with E-state index in [4.69, 9.17) is 16.3 Å². The van der Waals surface area contributed by atoms with Crippen molar-refractivity contribution in [2.75, 3.05) is 7.11 Å². The molecule has 2 heterocycles. The largest absolute Gasteiger partial charge is 0.497 e. The summed E-state index contributed by atoms with van der Waals surface area (Å²) in [5.74, 6) is 0.727. The van der Waals surface area contributed by atoms with E-state index >= 15 is 0 Å². The Labute approximate surface area is 154 Å². The summed E-state index contributed by atoms with van der Waals surface area (Å²) < 4.78 is 5.12. The quantitative estimate of drug-likeness (QED) is 0.644. The van der Waals surface area contributed by atoms with Crippen LogP contribution in [-0.2, 0) is 11.3 Å². The molecule has 0 saturated heterocycles. The molecule has 0 aliphatic rings. The zero-order valence-corrected chi connectivity index (χ0v) is 15.3. The van der Waals surface area contributed by atoms with Crippen LogP contribution in [0.2, 0.25) is 5.02 Å². The van der Waals surface area contributed by atoms with Gasteiger partial charge in [0.2, 0.25) is 5.91 Å². The molecular weight excluding hydrogens is 360 g/mol. The number of hydrogen-bond acceptors (Lipinski definition) is 5. The van der Waals surface area contributed by atoms with E-state index in [1.165, 1.54) is 11.8 Å². The Morgan fingerprint density at radius 2 is 2.16 bits per heavy atom. The number of ether oxygens (including phenoxy) is 1. The molecule has 25 heavy (non-hydrogen) atoms. The first-order valence-electron chi connectivity index (χ1n) is 7.63. The van der Waals surface area contributed by atoms with Crippen LogP contribution in [0.4, 0.5) is 0 Å². The molecule has 2 aromatic heterocycles. The highest BCUT2D eigenvalue weighted by Gasteiger charge is 2.16. The van der Waals surface area contributed by atoms with Crippen molar-refractivity contribution in [3.63, 3.8) is 0 Å². The molecular formula is C17H17ClN4O2S. The van der Waals surface area contributed by atoms with Crippen LogP contribution in [0.5, 0.6) is 5.75 Å². The van der Waals surface area contributed by atoms with Crippen LogP contribution < -0.4 is 10.1 Å². The second-order valence-corrected chi connectivity index (χ2v) is 7.16. The maximum Gasteiger partial charge on any atom is 0.233 e. The molecule has 130 valence electrons. The number of rotatable bonds is 6. The Morgan fingerprint density at radius 3 is 2.88 bits per heavy atom. The number of halogens is 1. The number of carbonyl (C=O) groups is 1. The Bertz CT molecular complexity index is 882. The molecule has 0 aliphatic carbocycles. The van der Waals surface area contributed by atoms with Crippen LogP contribution in [-0.4, -0.2) is 33.2 Å². The molecule has 3 aromatic rings. The van der Waals surface area contributed by atoms with Gasteiger partial charge in [0.1, 0.15) is 5.75 Å². The molecule has 1 unspecified atom stereocenters. The Kier molecular flexibility index (Phi) is 5.45. The number of fused-ring (bicyclic) bond motifs is 1. The van der Waals surface area contributed by atoms with Crippen molar-refractivity contribution >= 4 is 40.4 Å². The maximum absolute atomic E-state index is 12.3. The lowest BCUT2D eigenvalue weighted by Gasteiger charge is -2.10. The molecule has 1 amide bonds. The highest BCUT2D eigenvalue weighted by Crippen LogP contribution is 2.24. The SMILES string of the molecule is COc1ccc(CNC(=O)C(C)Sc2nc3ncc(Cl)cc3[nH]2)cc1. The summed E-state index contributed by atoms with van der Waals surface area (Å²) in [7, 11) is 1.62. The van der Waals surface area contributed by atoms with Crippen molar-refractivity contribution in [3.05, 3.63) is 47.1 Å². The Hall–Kier alpha value is -2.25. The minimum absolute atomic E-state index is 0.0627. The fourth-order valence-electron chi connectivity index (χ4n) is 2.21. The summed E-state index contributed by atoms with van der Waals surface area (Å²) in [4.78, 5) is 23.9. The molecule has 3 rings (SSSR count). The average molecular weight is 377 g/mol. The first-order chi connectivity index (χ1) is 12.0. The van der Waals surface area contributed by atoms with Crippen LogP contribution >= 0.6 is 23.4 Å². The highest BCUT2D eigenvalue weighted by atomic mass is 35.5. The Balaban J connectivity index is 1.57. The first kappa shape index (κ1) is 17.6. The van der Waals surface area contributed by atoms with Crippen LogP contribution in [0, 0.1) is 0 Å². The topological polar surface area (TPSA) is 79.9 Å². The van der Waals surface area contributed by atoms with Gasteiger partial charge in [0.15, 0.2) is 10.8 Å². The van der Waals surface area contributed by atoms with Gasteiger partial charge >= 0.3 is 0 Å². The van der Waals surface area contributed by atoms with Gasteiger partial charge in [-0.1, -0.05) is 35.5 Å². The summed E-state index contributed by atoms with van der Waals surface area (Å²) >= 11 is 7.26. The van der Waals surface area contributed by atoms with Crippen LogP contribution in [0.25, 0.3) is 11.2 Å². The van der Waals surface area contributed by atoms with Crippen molar-refractivity contribution in [1.82, 2.24) is 20.3 Å². The van der Waals surface area contributed by atoms with Crippen LogP contribution in [0.15, 0.2) is 41.7 Å². The average Bonchev–Trinajstić information content (AvgIpc) is 3.01. The van der Waals surface area contributed by atoms with E-state index in [0.717, 1.165) is 16.8 Å². The predicted molar refractivity (Wildman–Crippen MR) is 99.1 cm³/mol. The summed E-state index contributed by atoms with van der Waals surface area (Å²) in [5, 5.41) is 3.80. The number of methoxy groups -OCH3 is 1. The molecule has 0 bridgehead atoms. The molecule has 0 spiro atoms. The van der Waals surface area contributed by atoms with Crippen molar-refractivity contribution in [2.45, 2.75) is 23.9 Å². The molecule has 0 aliphatic heterocycles. The van der Waals surface area contributed by atoms with Crippen molar-refractivity contribution in [3.8, 4) is 5.75 Å². The van der Waals surface area contributed by atoms with Gasteiger partial charge in [-0.05, 0) is 30.7 Å². The maximum atomic E-state index is 12.3. The van der Waals surface area contributed by atoms with Gasteiger partial charge in [-0.25, -0.2) is 9.97 Å². The Morgan fingerprint density at radius 1 is 1.40 bits per heavy atom. The van der Waals surface area contributed by atoms with Gasteiger partial charge in [0, 0.05) is 12.7 Å². The number of hydrogen-bond donors (Lipinski definition) is 2.